The molecule has 9 heteroatoms. The van der Waals surface area contributed by atoms with Crippen LogP contribution in [-0.4, -0.2) is 56.6 Å². The third kappa shape index (κ3) is 6.63. The van der Waals surface area contributed by atoms with E-state index in [1.165, 1.54) is 19.1 Å². The normalized spacial score (nSPS) is 20.0. The number of oxazole rings is 1. The van der Waals surface area contributed by atoms with Crippen LogP contribution in [0.5, 0.6) is 0 Å². The van der Waals surface area contributed by atoms with Gasteiger partial charge >= 0.3 is 0 Å². The summed E-state index contributed by atoms with van der Waals surface area (Å²) in [5.74, 6) is 0.487. The predicted molar refractivity (Wildman–Crippen MR) is 123 cm³/mol. The van der Waals surface area contributed by atoms with E-state index in [0.717, 1.165) is 44.2 Å². The van der Waals surface area contributed by atoms with Crippen LogP contribution in [0.4, 0.5) is 0 Å². The second-order valence-electron chi connectivity index (χ2n) is 8.58. The number of nitrogens with one attached hydrogen (secondary N) is 1. The maximum absolute atomic E-state index is 12.4. The van der Waals surface area contributed by atoms with E-state index in [9.17, 15) is 13.2 Å². The van der Waals surface area contributed by atoms with Gasteiger partial charge in [0.15, 0.2) is 6.39 Å². The summed E-state index contributed by atoms with van der Waals surface area (Å²) in [7, 11) is -3.44. The maximum atomic E-state index is 12.4. The van der Waals surface area contributed by atoms with Crippen molar-refractivity contribution >= 4 is 16.4 Å². The summed E-state index contributed by atoms with van der Waals surface area (Å²) in [6.45, 7) is 6.33. The molecule has 1 atom stereocenters. The van der Waals surface area contributed by atoms with Gasteiger partial charge in [-0.05, 0) is 30.9 Å². The molecule has 1 saturated heterocycles. The Morgan fingerprint density at radius 3 is 2.47 bits per heavy atom. The first-order valence-corrected chi connectivity index (χ1v) is 12.7. The second-order valence-corrected chi connectivity index (χ2v) is 10.3. The molecule has 2 aromatic rings. The highest BCUT2D eigenvalue weighted by atomic mass is 32.2. The van der Waals surface area contributed by atoms with Gasteiger partial charge in [-0.1, -0.05) is 45.2 Å². The number of rotatable bonds is 6. The number of carbonyl (C=O) groups is 1. The molecular formula is C23H35N3O5S. The van der Waals surface area contributed by atoms with Crippen molar-refractivity contribution in [1.82, 2.24) is 14.6 Å². The third-order valence-corrected chi connectivity index (χ3v) is 7.47. The van der Waals surface area contributed by atoms with Crippen molar-refractivity contribution in [3.63, 3.8) is 0 Å². The molecule has 0 bridgehead atoms. The van der Waals surface area contributed by atoms with E-state index in [1.54, 1.807) is 24.3 Å². The molecule has 178 valence electrons. The lowest BCUT2D eigenvalue weighted by Crippen LogP contribution is -2.47. The summed E-state index contributed by atoms with van der Waals surface area (Å²) in [4.78, 5) is 16.7. The van der Waals surface area contributed by atoms with Crippen LogP contribution >= 0.6 is 0 Å². The standard InChI is InChI=1S/C15H18N2O3S.C8H15NO2.H2/c18-21(19,17-13-4-2-1-3-5-13)14-8-6-12(7-9-14)15-10-20-11-16-15;1-7(2)8-5-11-4-3-9(8)6-10;/h6-11,13,17H,1-5H2;6-8H,3-5H2,1-2H3;1H/t;8-;/m.1./s1. The largest absolute Gasteiger partial charge is 0.451 e. The number of benzene rings is 1. The van der Waals surface area contributed by atoms with Crippen LogP contribution in [0.25, 0.3) is 11.3 Å². The van der Waals surface area contributed by atoms with Crippen LogP contribution < -0.4 is 4.72 Å². The van der Waals surface area contributed by atoms with E-state index in [4.69, 9.17) is 9.15 Å². The number of amides is 1. The second kappa shape index (κ2) is 11.6. The Labute approximate surface area is 191 Å². The molecule has 2 heterocycles. The fourth-order valence-corrected chi connectivity index (χ4v) is 5.31. The van der Waals surface area contributed by atoms with Gasteiger partial charge < -0.3 is 14.1 Å². The van der Waals surface area contributed by atoms with Crippen molar-refractivity contribution in [3.8, 4) is 11.3 Å². The monoisotopic (exact) mass is 465 g/mol. The van der Waals surface area contributed by atoms with Gasteiger partial charge in [-0.25, -0.2) is 18.1 Å². The number of morpholine rings is 1. The van der Waals surface area contributed by atoms with Crippen LogP contribution in [0.2, 0.25) is 0 Å². The van der Waals surface area contributed by atoms with E-state index in [0.29, 0.717) is 29.7 Å². The zero-order valence-corrected chi connectivity index (χ0v) is 19.6. The molecule has 2 fully saturated rings. The van der Waals surface area contributed by atoms with Crippen molar-refractivity contribution in [1.29, 1.82) is 0 Å². The van der Waals surface area contributed by atoms with Crippen molar-refractivity contribution in [2.24, 2.45) is 5.92 Å². The van der Waals surface area contributed by atoms with Crippen LogP contribution in [0.3, 0.4) is 0 Å². The van der Waals surface area contributed by atoms with Gasteiger partial charge in [-0.15, -0.1) is 0 Å². The molecule has 1 amide bonds. The Hall–Kier alpha value is -2.23. The molecule has 32 heavy (non-hydrogen) atoms. The lowest BCUT2D eigenvalue weighted by molar-refractivity contribution is -0.128. The third-order valence-electron chi connectivity index (χ3n) is 5.93. The Morgan fingerprint density at radius 2 is 1.91 bits per heavy atom. The van der Waals surface area contributed by atoms with E-state index >= 15 is 0 Å². The number of ether oxygens (including phenoxy) is 1. The highest BCUT2D eigenvalue weighted by Crippen LogP contribution is 2.22. The number of aromatic nitrogens is 1. The fourth-order valence-electron chi connectivity index (χ4n) is 4.01. The minimum absolute atomic E-state index is 0. The zero-order chi connectivity index (χ0) is 23.0. The Kier molecular flexibility index (Phi) is 8.84. The van der Waals surface area contributed by atoms with Crippen molar-refractivity contribution in [3.05, 3.63) is 36.9 Å². The first-order valence-electron chi connectivity index (χ1n) is 11.2. The molecule has 1 aliphatic heterocycles. The Morgan fingerprint density at radius 1 is 1.19 bits per heavy atom. The summed E-state index contributed by atoms with van der Waals surface area (Å²) in [6.07, 6.45) is 9.05. The minimum Gasteiger partial charge on any atom is -0.451 e. The topological polar surface area (TPSA) is 102 Å². The molecule has 0 spiro atoms. The molecule has 1 N–H and O–H groups in total. The van der Waals surface area contributed by atoms with Gasteiger partial charge in [0.2, 0.25) is 16.4 Å². The summed E-state index contributed by atoms with van der Waals surface area (Å²) in [6, 6.07) is 7.05. The number of carbonyl (C=O) groups excluding carboxylic acids is 1. The molecule has 1 aliphatic carbocycles. The molecule has 1 saturated carbocycles. The summed E-state index contributed by atoms with van der Waals surface area (Å²) in [5, 5.41) is 0. The van der Waals surface area contributed by atoms with Crippen molar-refractivity contribution < 1.29 is 23.8 Å². The van der Waals surface area contributed by atoms with Gasteiger partial charge in [0.25, 0.3) is 0 Å². The van der Waals surface area contributed by atoms with Crippen LogP contribution in [0, 0.1) is 5.92 Å². The molecule has 1 aromatic carbocycles. The van der Waals surface area contributed by atoms with E-state index in [2.05, 4.69) is 23.6 Å². The average molecular weight is 466 g/mol. The lowest BCUT2D eigenvalue weighted by atomic mass is 9.96. The van der Waals surface area contributed by atoms with Gasteiger partial charge in [-0.2, -0.15) is 0 Å². The average Bonchev–Trinajstić information content (AvgIpc) is 3.35. The summed E-state index contributed by atoms with van der Waals surface area (Å²) >= 11 is 0. The number of hydrogen-bond donors (Lipinski definition) is 1. The first kappa shape index (κ1) is 24.4. The quantitative estimate of drug-likeness (QED) is 0.653. The number of sulfonamides is 1. The predicted octanol–water partition coefficient (Wildman–Crippen LogP) is 3.70. The highest BCUT2D eigenvalue weighted by Gasteiger charge is 2.24. The molecule has 4 rings (SSSR count). The van der Waals surface area contributed by atoms with E-state index < -0.39 is 10.0 Å². The van der Waals surface area contributed by atoms with Crippen molar-refractivity contribution in [2.75, 3.05) is 19.8 Å². The van der Waals surface area contributed by atoms with Crippen LogP contribution in [-0.2, 0) is 19.6 Å². The summed E-state index contributed by atoms with van der Waals surface area (Å²) in [5.41, 5.74) is 1.53. The fraction of sp³-hybridized carbons (Fsp3) is 0.565. The maximum Gasteiger partial charge on any atom is 0.240 e. The zero-order valence-electron chi connectivity index (χ0n) is 18.8. The molecule has 1 aromatic heterocycles. The van der Waals surface area contributed by atoms with Gasteiger partial charge in [0.05, 0.1) is 24.2 Å². The van der Waals surface area contributed by atoms with Crippen LogP contribution in [0.1, 0.15) is 47.4 Å². The van der Waals surface area contributed by atoms with E-state index in [-0.39, 0.29) is 13.5 Å². The lowest BCUT2D eigenvalue weighted by Gasteiger charge is -2.35. The van der Waals surface area contributed by atoms with Crippen molar-refractivity contribution in [2.45, 2.75) is 62.9 Å². The molecule has 8 nitrogen and oxygen atoms in total. The van der Waals surface area contributed by atoms with E-state index in [1.807, 2.05) is 4.90 Å². The highest BCUT2D eigenvalue weighted by molar-refractivity contribution is 7.89. The number of nitrogens with zero attached hydrogens (tertiary/aromatic N) is 2. The van der Waals surface area contributed by atoms with Gasteiger partial charge in [0.1, 0.15) is 12.0 Å². The van der Waals surface area contributed by atoms with Gasteiger partial charge in [-0.3, -0.25) is 4.79 Å². The first-order chi connectivity index (χ1) is 15.4. The Balaban J connectivity index is 0.000000274. The Bertz CT molecular complexity index is 930. The smallest absolute Gasteiger partial charge is 0.240 e. The molecular weight excluding hydrogens is 430 g/mol. The summed E-state index contributed by atoms with van der Waals surface area (Å²) < 4.78 is 37.7. The SMILES string of the molecule is CC(C)[C@H]1COCCN1C=O.O=S(=O)(NC1CCCCC1)c1ccc(-c2cocn2)cc1.[HH]. The molecule has 0 radical (unpaired) electrons. The molecule has 2 aliphatic rings. The molecule has 0 unspecified atom stereocenters. The minimum atomic E-state index is -3.44. The van der Waals surface area contributed by atoms with Gasteiger partial charge in [0, 0.05) is 19.6 Å². The van der Waals surface area contributed by atoms with Crippen LogP contribution in [0.15, 0.2) is 46.2 Å². The number of hydrogen-bond acceptors (Lipinski definition) is 6.